The quantitative estimate of drug-likeness (QED) is 0.761. The van der Waals surface area contributed by atoms with Crippen LogP contribution in [0.5, 0.6) is 0 Å². The standard InChI is InChI=1S/C12H24N2O3/c1-9-5-7-14(8-6-9)12(15)13-10(2)11(16-3)17-4/h9-11H,5-8H2,1-4H3,(H,13,15). The largest absolute Gasteiger partial charge is 0.354 e. The SMILES string of the molecule is COC(OC)C(C)NC(=O)N1CCC(C)CC1. The normalized spacial score (nSPS) is 19.5. The van der Waals surface area contributed by atoms with E-state index in [0.717, 1.165) is 31.8 Å². The molecule has 0 aromatic rings. The van der Waals surface area contributed by atoms with Crippen molar-refractivity contribution in [3.63, 3.8) is 0 Å². The Morgan fingerprint density at radius 1 is 1.29 bits per heavy atom. The second-order valence-corrected chi connectivity index (χ2v) is 4.75. The molecule has 17 heavy (non-hydrogen) atoms. The summed E-state index contributed by atoms with van der Waals surface area (Å²) >= 11 is 0. The van der Waals surface area contributed by atoms with Crippen molar-refractivity contribution in [1.82, 2.24) is 10.2 Å². The lowest BCUT2D eigenvalue weighted by Gasteiger charge is -2.32. The van der Waals surface area contributed by atoms with Gasteiger partial charge in [0.2, 0.25) is 0 Å². The first-order chi connectivity index (χ1) is 8.08. The number of hydrogen-bond acceptors (Lipinski definition) is 3. The number of likely N-dealkylation sites (tertiary alicyclic amines) is 1. The van der Waals surface area contributed by atoms with Crippen LogP contribution in [0.4, 0.5) is 4.79 Å². The Bertz CT molecular complexity index is 236. The smallest absolute Gasteiger partial charge is 0.317 e. The molecular weight excluding hydrogens is 220 g/mol. The van der Waals surface area contributed by atoms with Crippen LogP contribution in [0.15, 0.2) is 0 Å². The summed E-state index contributed by atoms with van der Waals surface area (Å²) < 4.78 is 10.2. The number of ether oxygens (including phenoxy) is 2. The summed E-state index contributed by atoms with van der Waals surface area (Å²) in [5.41, 5.74) is 0. The minimum atomic E-state index is -0.400. The third-order valence-corrected chi connectivity index (χ3v) is 3.29. The lowest BCUT2D eigenvalue weighted by molar-refractivity contribution is -0.117. The lowest BCUT2D eigenvalue weighted by atomic mass is 10.00. The molecule has 1 atom stereocenters. The van der Waals surface area contributed by atoms with Crippen molar-refractivity contribution < 1.29 is 14.3 Å². The minimum absolute atomic E-state index is 0.0245. The van der Waals surface area contributed by atoms with Crippen LogP contribution >= 0.6 is 0 Å². The van der Waals surface area contributed by atoms with Gasteiger partial charge in [0.1, 0.15) is 0 Å². The Labute approximate surface area is 103 Å². The molecule has 1 aliphatic heterocycles. The van der Waals surface area contributed by atoms with Crippen molar-refractivity contribution in [3.05, 3.63) is 0 Å². The van der Waals surface area contributed by atoms with E-state index in [2.05, 4.69) is 12.2 Å². The van der Waals surface area contributed by atoms with Crippen molar-refractivity contribution in [1.29, 1.82) is 0 Å². The molecule has 1 unspecified atom stereocenters. The molecule has 5 heteroatoms. The van der Waals surface area contributed by atoms with Gasteiger partial charge in [-0.25, -0.2) is 4.79 Å². The van der Waals surface area contributed by atoms with Crippen LogP contribution in [0.2, 0.25) is 0 Å². The van der Waals surface area contributed by atoms with E-state index < -0.39 is 6.29 Å². The van der Waals surface area contributed by atoms with Crippen molar-refractivity contribution in [3.8, 4) is 0 Å². The van der Waals surface area contributed by atoms with Gasteiger partial charge in [-0.2, -0.15) is 0 Å². The summed E-state index contributed by atoms with van der Waals surface area (Å²) in [5.74, 6) is 0.724. The fourth-order valence-electron chi connectivity index (χ4n) is 2.07. The maximum Gasteiger partial charge on any atom is 0.317 e. The zero-order valence-electron chi connectivity index (χ0n) is 11.2. The molecule has 0 aromatic carbocycles. The first-order valence-corrected chi connectivity index (χ1v) is 6.19. The number of carbonyl (C=O) groups is 1. The van der Waals surface area contributed by atoms with Gasteiger partial charge < -0.3 is 19.7 Å². The van der Waals surface area contributed by atoms with E-state index in [4.69, 9.17) is 9.47 Å². The number of piperidine rings is 1. The molecular formula is C12H24N2O3. The van der Waals surface area contributed by atoms with Crippen LogP contribution < -0.4 is 5.32 Å². The van der Waals surface area contributed by atoms with Crippen molar-refractivity contribution >= 4 is 6.03 Å². The predicted molar refractivity (Wildman–Crippen MR) is 65.8 cm³/mol. The highest BCUT2D eigenvalue weighted by Gasteiger charge is 2.24. The van der Waals surface area contributed by atoms with E-state index in [0.29, 0.717) is 0 Å². The Morgan fingerprint density at radius 3 is 2.29 bits per heavy atom. The Morgan fingerprint density at radius 2 is 1.82 bits per heavy atom. The molecule has 1 rings (SSSR count). The Balaban J connectivity index is 2.38. The Kier molecular flexibility index (Phi) is 5.71. The van der Waals surface area contributed by atoms with Gasteiger partial charge in [0.25, 0.3) is 0 Å². The molecule has 0 saturated carbocycles. The van der Waals surface area contributed by atoms with Gasteiger partial charge in [0.05, 0.1) is 6.04 Å². The molecule has 0 aliphatic carbocycles. The molecule has 0 spiro atoms. The summed E-state index contributed by atoms with van der Waals surface area (Å²) in [6, 6.07) is -0.180. The zero-order chi connectivity index (χ0) is 12.8. The predicted octanol–water partition coefficient (Wildman–Crippen LogP) is 1.44. The van der Waals surface area contributed by atoms with E-state index >= 15 is 0 Å². The molecule has 5 nitrogen and oxygen atoms in total. The van der Waals surface area contributed by atoms with Gasteiger partial charge >= 0.3 is 6.03 Å². The maximum absolute atomic E-state index is 12.0. The van der Waals surface area contributed by atoms with E-state index in [-0.39, 0.29) is 12.1 Å². The molecule has 0 aromatic heterocycles. The zero-order valence-corrected chi connectivity index (χ0v) is 11.2. The topological polar surface area (TPSA) is 50.8 Å². The van der Waals surface area contributed by atoms with Crippen LogP contribution in [0.1, 0.15) is 26.7 Å². The average Bonchev–Trinajstić information content (AvgIpc) is 2.31. The second kappa shape index (κ2) is 6.81. The molecule has 0 radical (unpaired) electrons. The van der Waals surface area contributed by atoms with Crippen molar-refractivity contribution in [2.24, 2.45) is 5.92 Å². The van der Waals surface area contributed by atoms with E-state index in [9.17, 15) is 4.79 Å². The highest BCUT2D eigenvalue weighted by atomic mass is 16.7. The second-order valence-electron chi connectivity index (χ2n) is 4.75. The summed E-state index contributed by atoms with van der Waals surface area (Å²) in [6.45, 7) is 5.78. The third kappa shape index (κ3) is 4.16. The van der Waals surface area contributed by atoms with Gasteiger partial charge in [0, 0.05) is 27.3 Å². The minimum Gasteiger partial charge on any atom is -0.354 e. The molecule has 1 aliphatic rings. The molecule has 100 valence electrons. The van der Waals surface area contributed by atoms with Crippen molar-refractivity contribution in [2.45, 2.75) is 39.0 Å². The number of carbonyl (C=O) groups excluding carboxylic acids is 1. The number of hydrogen-bond donors (Lipinski definition) is 1. The molecule has 0 bridgehead atoms. The summed E-state index contributed by atoms with van der Waals surface area (Å²) in [6.07, 6.45) is 1.77. The van der Waals surface area contributed by atoms with Crippen LogP contribution in [-0.4, -0.2) is 50.6 Å². The van der Waals surface area contributed by atoms with E-state index in [1.807, 2.05) is 11.8 Å². The molecule has 1 fully saturated rings. The fraction of sp³-hybridized carbons (Fsp3) is 0.917. The van der Waals surface area contributed by atoms with Crippen LogP contribution in [0, 0.1) is 5.92 Å². The maximum atomic E-state index is 12.0. The van der Waals surface area contributed by atoms with Gasteiger partial charge in [-0.15, -0.1) is 0 Å². The third-order valence-electron chi connectivity index (χ3n) is 3.29. The highest BCUT2D eigenvalue weighted by Crippen LogP contribution is 2.16. The number of urea groups is 1. The van der Waals surface area contributed by atoms with E-state index in [1.165, 1.54) is 0 Å². The number of methoxy groups -OCH3 is 2. The summed E-state index contributed by atoms with van der Waals surface area (Å²) in [7, 11) is 3.14. The number of nitrogens with one attached hydrogen (secondary N) is 1. The molecule has 1 heterocycles. The summed E-state index contributed by atoms with van der Waals surface area (Å²) in [5, 5.41) is 2.90. The number of nitrogens with zero attached hydrogens (tertiary/aromatic N) is 1. The van der Waals surface area contributed by atoms with Gasteiger partial charge in [-0.1, -0.05) is 6.92 Å². The Hall–Kier alpha value is -0.810. The van der Waals surface area contributed by atoms with E-state index in [1.54, 1.807) is 14.2 Å². The highest BCUT2D eigenvalue weighted by molar-refractivity contribution is 5.74. The van der Waals surface area contributed by atoms with Crippen LogP contribution in [-0.2, 0) is 9.47 Å². The van der Waals surface area contributed by atoms with Crippen LogP contribution in [0.3, 0.4) is 0 Å². The van der Waals surface area contributed by atoms with Gasteiger partial charge in [-0.05, 0) is 25.7 Å². The van der Waals surface area contributed by atoms with Crippen LogP contribution in [0.25, 0.3) is 0 Å². The molecule has 2 amide bonds. The number of rotatable bonds is 4. The van der Waals surface area contributed by atoms with Crippen molar-refractivity contribution in [2.75, 3.05) is 27.3 Å². The molecule has 1 saturated heterocycles. The summed E-state index contributed by atoms with van der Waals surface area (Å²) in [4.78, 5) is 13.8. The lowest BCUT2D eigenvalue weighted by Crippen LogP contribution is -2.50. The fourth-order valence-corrected chi connectivity index (χ4v) is 2.07. The van der Waals surface area contributed by atoms with Gasteiger partial charge in [-0.3, -0.25) is 0 Å². The number of amides is 2. The monoisotopic (exact) mass is 244 g/mol. The molecule has 1 N–H and O–H groups in total. The first-order valence-electron chi connectivity index (χ1n) is 6.19. The first kappa shape index (κ1) is 14.3. The average molecular weight is 244 g/mol. The van der Waals surface area contributed by atoms with Gasteiger partial charge in [0.15, 0.2) is 6.29 Å².